The van der Waals surface area contributed by atoms with Gasteiger partial charge in [0, 0.05) is 5.56 Å². The minimum absolute atomic E-state index is 0.00402. The van der Waals surface area contributed by atoms with Crippen LogP contribution in [0.2, 0.25) is 0 Å². The number of hydrogen-bond acceptors (Lipinski definition) is 7. The van der Waals surface area contributed by atoms with Gasteiger partial charge in [0.15, 0.2) is 0 Å². The maximum absolute atomic E-state index is 12.2. The fourth-order valence-electron chi connectivity index (χ4n) is 4.22. The number of esters is 1. The standard InChI is InChI=1S/C27H22N4O4/c1-3-33-27(32)18-9-7-8-17(14-18)21-12-13-22(34-21)24-20(15-28)25(29)35-26-23(24)16(2)30-31(26)19-10-5-4-6-11-19/h4-14,24H,3,29H2,1-2H3. The molecule has 8 heteroatoms. The van der Waals surface area contributed by atoms with E-state index >= 15 is 0 Å². The molecule has 2 aromatic heterocycles. The molecular weight excluding hydrogens is 444 g/mol. The van der Waals surface area contributed by atoms with Gasteiger partial charge in [-0.2, -0.15) is 10.4 Å². The van der Waals surface area contributed by atoms with Gasteiger partial charge in [-0.1, -0.05) is 30.3 Å². The number of nitrogens with zero attached hydrogens (tertiary/aromatic N) is 3. The molecule has 174 valence electrons. The van der Waals surface area contributed by atoms with E-state index in [-0.39, 0.29) is 11.5 Å². The van der Waals surface area contributed by atoms with Gasteiger partial charge in [-0.25, -0.2) is 9.48 Å². The summed E-state index contributed by atoms with van der Waals surface area (Å²) in [5.41, 5.74) is 9.78. The number of hydrogen-bond donors (Lipinski definition) is 1. The largest absolute Gasteiger partial charge is 0.462 e. The molecule has 0 radical (unpaired) electrons. The highest BCUT2D eigenvalue weighted by Crippen LogP contribution is 2.45. The van der Waals surface area contributed by atoms with E-state index in [9.17, 15) is 10.1 Å². The summed E-state index contributed by atoms with van der Waals surface area (Å²) >= 11 is 0. The number of carbonyl (C=O) groups is 1. The van der Waals surface area contributed by atoms with Crippen LogP contribution in [0.3, 0.4) is 0 Å². The second-order valence-electron chi connectivity index (χ2n) is 7.98. The molecule has 0 aliphatic carbocycles. The van der Waals surface area contributed by atoms with Gasteiger partial charge >= 0.3 is 5.97 Å². The lowest BCUT2D eigenvalue weighted by Crippen LogP contribution is -2.21. The lowest BCUT2D eigenvalue weighted by molar-refractivity contribution is 0.0526. The first kappa shape index (κ1) is 22.0. The number of nitrogens with two attached hydrogens (primary N) is 1. The Kier molecular flexibility index (Phi) is 5.59. The second-order valence-corrected chi connectivity index (χ2v) is 7.98. The van der Waals surface area contributed by atoms with Crippen LogP contribution >= 0.6 is 0 Å². The van der Waals surface area contributed by atoms with Crippen molar-refractivity contribution in [3.8, 4) is 29.0 Å². The van der Waals surface area contributed by atoms with E-state index in [0.717, 1.165) is 5.69 Å². The Labute approximate surface area is 201 Å². The smallest absolute Gasteiger partial charge is 0.338 e. The molecule has 0 fully saturated rings. The number of aryl methyl sites for hydroxylation is 1. The van der Waals surface area contributed by atoms with E-state index in [0.29, 0.717) is 46.4 Å². The highest BCUT2D eigenvalue weighted by Gasteiger charge is 2.38. The molecule has 2 aromatic carbocycles. The van der Waals surface area contributed by atoms with Crippen LogP contribution in [0.4, 0.5) is 0 Å². The lowest BCUT2D eigenvalue weighted by Gasteiger charge is -2.23. The van der Waals surface area contributed by atoms with E-state index in [4.69, 9.17) is 19.6 Å². The number of fused-ring (bicyclic) bond motifs is 1. The summed E-state index contributed by atoms with van der Waals surface area (Å²) in [5.74, 6) is 0.510. The summed E-state index contributed by atoms with van der Waals surface area (Å²) in [5, 5.41) is 14.6. The van der Waals surface area contributed by atoms with E-state index in [1.54, 1.807) is 41.9 Å². The van der Waals surface area contributed by atoms with Crippen LogP contribution in [0.15, 0.2) is 82.6 Å². The average molecular weight is 466 g/mol. The molecule has 1 unspecified atom stereocenters. The summed E-state index contributed by atoms with van der Waals surface area (Å²) in [6, 6.07) is 22.3. The third-order valence-corrected chi connectivity index (χ3v) is 5.80. The highest BCUT2D eigenvalue weighted by atomic mass is 16.5. The molecule has 2 N–H and O–H groups in total. The zero-order valence-electron chi connectivity index (χ0n) is 19.2. The quantitative estimate of drug-likeness (QED) is 0.419. The summed E-state index contributed by atoms with van der Waals surface area (Å²) < 4.78 is 18.9. The van der Waals surface area contributed by atoms with Crippen molar-refractivity contribution in [3.05, 3.63) is 101 Å². The average Bonchev–Trinajstić information content (AvgIpc) is 3.49. The van der Waals surface area contributed by atoms with Gasteiger partial charge in [0.2, 0.25) is 11.8 Å². The van der Waals surface area contributed by atoms with Gasteiger partial charge in [0.25, 0.3) is 0 Å². The predicted octanol–water partition coefficient (Wildman–Crippen LogP) is 4.84. The van der Waals surface area contributed by atoms with Crippen LogP contribution in [0, 0.1) is 18.3 Å². The van der Waals surface area contributed by atoms with Crippen molar-refractivity contribution in [1.29, 1.82) is 5.26 Å². The molecule has 1 aliphatic rings. The molecule has 0 amide bonds. The Hall–Kier alpha value is -4.77. The number of carbonyl (C=O) groups excluding carboxylic acids is 1. The summed E-state index contributed by atoms with van der Waals surface area (Å²) in [6.45, 7) is 3.91. The number of furan rings is 1. The number of para-hydroxylation sites is 1. The molecule has 1 aliphatic heterocycles. The molecule has 3 heterocycles. The molecule has 5 rings (SSSR count). The zero-order chi connectivity index (χ0) is 24.5. The van der Waals surface area contributed by atoms with Crippen molar-refractivity contribution in [1.82, 2.24) is 9.78 Å². The van der Waals surface area contributed by atoms with Crippen molar-refractivity contribution in [2.75, 3.05) is 6.61 Å². The monoisotopic (exact) mass is 466 g/mol. The number of allylic oxidation sites excluding steroid dienone is 1. The molecule has 35 heavy (non-hydrogen) atoms. The van der Waals surface area contributed by atoms with Crippen molar-refractivity contribution in [3.63, 3.8) is 0 Å². The third-order valence-electron chi connectivity index (χ3n) is 5.80. The van der Waals surface area contributed by atoms with E-state index in [2.05, 4.69) is 11.2 Å². The first-order chi connectivity index (χ1) is 17.0. The van der Waals surface area contributed by atoms with Crippen molar-refractivity contribution < 1.29 is 18.7 Å². The number of benzene rings is 2. The molecule has 4 aromatic rings. The fourth-order valence-corrected chi connectivity index (χ4v) is 4.22. The first-order valence-electron chi connectivity index (χ1n) is 11.1. The molecule has 8 nitrogen and oxygen atoms in total. The maximum Gasteiger partial charge on any atom is 0.338 e. The lowest BCUT2D eigenvalue weighted by atomic mass is 9.88. The van der Waals surface area contributed by atoms with Gasteiger partial charge in [0.1, 0.15) is 23.2 Å². The first-order valence-corrected chi connectivity index (χ1v) is 11.1. The molecule has 0 saturated carbocycles. The number of aromatic nitrogens is 2. The Balaban J connectivity index is 1.59. The van der Waals surface area contributed by atoms with Gasteiger partial charge in [-0.05, 0) is 50.2 Å². The Morgan fingerprint density at radius 1 is 1.17 bits per heavy atom. The minimum atomic E-state index is -0.594. The minimum Gasteiger partial charge on any atom is -0.462 e. The molecule has 0 spiro atoms. The summed E-state index contributed by atoms with van der Waals surface area (Å²) in [4.78, 5) is 12.2. The van der Waals surface area contributed by atoms with E-state index in [1.807, 2.05) is 43.3 Å². The van der Waals surface area contributed by atoms with E-state index in [1.165, 1.54) is 0 Å². The molecule has 1 atom stereocenters. The number of rotatable bonds is 5. The second kappa shape index (κ2) is 8.88. The van der Waals surface area contributed by atoms with Crippen molar-refractivity contribution in [2.24, 2.45) is 5.73 Å². The van der Waals surface area contributed by atoms with Crippen LogP contribution in [0.25, 0.3) is 17.0 Å². The van der Waals surface area contributed by atoms with Gasteiger partial charge in [-0.3, -0.25) is 0 Å². The zero-order valence-corrected chi connectivity index (χ0v) is 19.2. The highest BCUT2D eigenvalue weighted by molar-refractivity contribution is 5.90. The number of ether oxygens (including phenoxy) is 2. The Bertz CT molecular complexity index is 1490. The van der Waals surface area contributed by atoms with Crippen LogP contribution in [-0.4, -0.2) is 22.4 Å². The van der Waals surface area contributed by atoms with Crippen LogP contribution < -0.4 is 10.5 Å². The van der Waals surface area contributed by atoms with Gasteiger partial charge < -0.3 is 19.6 Å². The van der Waals surface area contributed by atoms with Crippen LogP contribution in [0.5, 0.6) is 5.88 Å². The molecule has 0 bridgehead atoms. The maximum atomic E-state index is 12.2. The molecule has 0 saturated heterocycles. The van der Waals surface area contributed by atoms with Crippen LogP contribution in [0.1, 0.15) is 40.2 Å². The van der Waals surface area contributed by atoms with Crippen LogP contribution in [-0.2, 0) is 4.74 Å². The molecular formula is C27H22N4O4. The summed E-state index contributed by atoms with van der Waals surface area (Å²) in [7, 11) is 0. The van der Waals surface area contributed by atoms with Gasteiger partial charge in [-0.15, -0.1) is 0 Å². The van der Waals surface area contributed by atoms with Gasteiger partial charge in [0.05, 0.1) is 35.0 Å². The normalized spacial score (nSPS) is 14.7. The Morgan fingerprint density at radius 2 is 1.97 bits per heavy atom. The number of nitriles is 1. The van der Waals surface area contributed by atoms with Crippen molar-refractivity contribution >= 4 is 5.97 Å². The third kappa shape index (κ3) is 3.83. The SMILES string of the molecule is CCOC(=O)c1cccc(-c2ccc(C3C(C#N)=C(N)Oc4c3c(C)nn4-c3ccccc3)o2)c1. The summed E-state index contributed by atoms with van der Waals surface area (Å²) in [6.07, 6.45) is 0. The van der Waals surface area contributed by atoms with Crippen molar-refractivity contribution in [2.45, 2.75) is 19.8 Å². The predicted molar refractivity (Wildman–Crippen MR) is 128 cm³/mol. The fraction of sp³-hybridized carbons (Fsp3) is 0.148. The Morgan fingerprint density at radius 3 is 2.71 bits per heavy atom. The topological polar surface area (TPSA) is 116 Å². The van der Waals surface area contributed by atoms with E-state index < -0.39 is 11.9 Å².